The smallest absolute Gasteiger partial charge is 0.299 e. The number of dihydropyridines is 1. The van der Waals surface area contributed by atoms with Crippen LogP contribution in [0.2, 0.25) is 0 Å². The highest BCUT2D eigenvalue weighted by molar-refractivity contribution is 7.22. The van der Waals surface area contributed by atoms with Crippen molar-refractivity contribution in [2.45, 2.75) is 91.2 Å². The van der Waals surface area contributed by atoms with Crippen molar-refractivity contribution in [3.8, 4) is 0 Å². The van der Waals surface area contributed by atoms with Crippen LogP contribution in [0.15, 0.2) is 76.2 Å². The lowest BCUT2D eigenvalue weighted by molar-refractivity contribution is -0.249. The first kappa shape index (κ1) is 39.9. The Kier molecular flexibility index (Phi) is 10.1. The summed E-state index contributed by atoms with van der Waals surface area (Å²) < 4.78 is 10.3. The van der Waals surface area contributed by atoms with Crippen LogP contribution in [0.3, 0.4) is 0 Å². The first-order valence-corrected chi connectivity index (χ1v) is 22.1. The molecule has 4 atom stereocenters. The molecule has 59 heavy (non-hydrogen) atoms. The van der Waals surface area contributed by atoms with Gasteiger partial charge in [-0.25, -0.2) is 9.98 Å². The second kappa shape index (κ2) is 14.9. The van der Waals surface area contributed by atoms with Gasteiger partial charge in [-0.1, -0.05) is 37.3 Å². The van der Waals surface area contributed by atoms with Crippen LogP contribution in [0, 0.1) is 28.6 Å². The molecular weight excluding hydrogens is 761 g/mol. The molecule has 7 aliphatic rings. The zero-order valence-corrected chi connectivity index (χ0v) is 36.1. The van der Waals surface area contributed by atoms with Gasteiger partial charge in [-0.15, -0.1) is 0 Å². The van der Waals surface area contributed by atoms with Gasteiger partial charge < -0.3 is 35.8 Å². The molecule has 2 aromatic heterocycles. The van der Waals surface area contributed by atoms with Crippen LogP contribution in [0.25, 0.3) is 15.8 Å². The van der Waals surface area contributed by atoms with Crippen LogP contribution >= 0.6 is 11.3 Å². The summed E-state index contributed by atoms with van der Waals surface area (Å²) in [7, 11) is 2.20. The molecule has 5 heterocycles. The van der Waals surface area contributed by atoms with Gasteiger partial charge in [0, 0.05) is 68.2 Å². The number of likely N-dealkylation sites (N-methyl/N-ethyl adjacent to an activating group) is 1. The van der Waals surface area contributed by atoms with E-state index in [1.165, 1.54) is 30.6 Å². The minimum Gasteiger partial charge on any atom is -0.480 e. The first-order chi connectivity index (χ1) is 28.1. The Balaban J connectivity index is 0.936. The van der Waals surface area contributed by atoms with Crippen molar-refractivity contribution >= 4 is 43.9 Å². The van der Waals surface area contributed by atoms with E-state index in [9.17, 15) is 15.6 Å². The molecule has 6 fully saturated rings. The number of ether oxygens (including phenoxy) is 1. The second-order valence-corrected chi connectivity index (χ2v) is 20.3. The normalized spacial score (nSPS) is 31.1. The molecule has 10 rings (SSSR count). The molecule has 6 N–H and O–H groups in total. The van der Waals surface area contributed by atoms with E-state index in [-0.39, 0.29) is 27.5 Å². The summed E-state index contributed by atoms with van der Waals surface area (Å²) in [5.74, 6) is 0.403. The van der Waals surface area contributed by atoms with E-state index in [1.807, 2.05) is 54.4 Å². The molecule has 1 aromatic carbocycles. The maximum absolute atomic E-state index is 10.7. The molecule has 2 unspecified atom stereocenters. The molecule has 314 valence electrons. The fourth-order valence-electron chi connectivity index (χ4n) is 12.5. The van der Waals surface area contributed by atoms with Gasteiger partial charge in [-0.2, -0.15) is 5.10 Å². The molecule has 3 aromatic rings. The van der Waals surface area contributed by atoms with Gasteiger partial charge in [0.2, 0.25) is 5.13 Å². The second-order valence-electron chi connectivity index (χ2n) is 19.3. The Hall–Kier alpha value is -4.50. The summed E-state index contributed by atoms with van der Waals surface area (Å²) in [6.45, 7) is 16.6. The number of hydrogen-bond acceptors (Lipinski definition) is 11. The fourth-order valence-corrected chi connectivity index (χ4v) is 13.4. The number of piperidine rings is 1. The van der Waals surface area contributed by atoms with E-state index in [0.29, 0.717) is 41.2 Å². The maximum atomic E-state index is 10.7. The third-order valence-electron chi connectivity index (χ3n) is 14.1. The number of allylic oxidation sites excluding steroid dienone is 3. The number of nitrogens with one attached hydrogen (secondary N) is 2. The first-order valence-electron chi connectivity index (χ1n) is 21.3. The van der Waals surface area contributed by atoms with Gasteiger partial charge >= 0.3 is 0 Å². The zero-order chi connectivity index (χ0) is 41.3. The lowest BCUT2D eigenvalue weighted by atomic mass is 9.39. The summed E-state index contributed by atoms with van der Waals surface area (Å²) in [4.78, 5) is 16.1. The van der Waals surface area contributed by atoms with Crippen molar-refractivity contribution in [1.82, 2.24) is 34.8 Å². The number of amidine groups is 2. The topological polar surface area (TPSA) is 164 Å². The summed E-state index contributed by atoms with van der Waals surface area (Å²) in [5.41, 5.74) is 12.0. The molecule has 0 spiro atoms. The number of rotatable bonds is 10. The highest BCUT2D eigenvalue weighted by Crippen LogP contribution is 2.72. The Morgan fingerprint density at radius 2 is 1.76 bits per heavy atom. The van der Waals surface area contributed by atoms with E-state index in [1.54, 1.807) is 0 Å². The summed E-state index contributed by atoms with van der Waals surface area (Å²) in [6, 6.07) is 7.90. The van der Waals surface area contributed by atoms with E-state index < -0.39 is 5.95 Å². The predicted molar refractivity (Wildman–Crippen MR) is 235 cm³/mol. The number of aliphatic imine (C=N–C) groups is 1. The van der Waals surface area contributed by atoms with Crippen LogP contribution in [0.5, 0.6) is 0 Å². The molecule has 4 aliphatic carbocycles. The third kappa shape index (κ3) is 7.62. The SMILES string of the molecule is CC(=C1\CCCN(C2=CC=C(c3cnn(CC45CC6(OCCN7CCN(C)CC7)C[C@](C)(C4)C[C@](C)(C5)C6)c3C)C(=C(O)O)N2)C1=N)/C(N)=N\c1nc2ccccc2s1. The van der Waals surface area contributed by atoms with Crippen molar-refractivity contribution in [2.24, 2.45) is 27.0 Å². The number of aromatic nitrogens is 3. The van der Waals surface area contributed by atoms with Gasteiger partial charge in [0.25, 0.3) is 5.95 Å². The molecule has 2 saturated heterocycles. The van der Waals surface area contributed by atoms with Gasteiger partial charge in [0.05, 0.1) is 28.6 Å². The lowest BCUT2D eigenvalue weighted by Crippen LogP contribution is -2.64. The van der Waals surface area contributed by atoms with Crippen LogP contribution in [0.4, 0.5) is 5.13 Å². The highest BCUT2D eigenvalue weighted by Gasteiger charge is 2.66. The van der Waals surface area contributed by atoms with Crippen molar-refractivity contribution in [2.75, 3.05) is 52.9 Å². The number of nitrogens with zero attached hydrogens (tertiary/aromatic N) is 7. The van der Waals surface area contributed by atoms with Gasteiger partial charge in [-0.05, 0) is 118 Å². The molecular formula is C45H60N10O3S. The molecule has 0 amide bonds. The van der Waals surface area contributed by atoms with Crippen LogP contribution < -0.4 is 11.1 Å². The molecule has 0 radical (unpaired) electrons. The minimum atomic E-state index is -0.811. The number of aliphatic hydroxyl groups excluding tert-OH is 1. The number of benzene rings is 1. The largest absolute Gasteiger partial charge is 0.480 e. The number of piperazine rings is 1. The Morgan fingerprint density at radius 3 is 2.49 bits per heavy atom. The Bertz CT molecular complexity index is 2270. The van der Waals surface area contributed by atoms with Crippen molar-refractivity contribution in [1.29, 1.82) is 5.41 Å². The van der Waals surface area contributed by atoms with E-state index in [0.717, 1.165) is 104 Å². The number of thiazole rings is 1. The van der Waals surface area contributed by atoms with E-state index in [2.05, 4.69) is 57.6 Å². The standard InChI is InChI=1S/C45H60N10O3S/c1-29(38(46)51-41-49-34-10-6-7-11-35(34)59-41)31-9-8-14-54(39(31)47)36-13-12-32(37(50-36)40(56)57)33-21-48-55(30(33)2)28-44-23-42(3)22-43(4,24-44)26-45(25-42,27-44)58-20-19-53-17-15-52(5)16-18-53/h6-7,10-13,21,47,50,56-57H,8-9,14-20,22-28H2,1-5H3,(H2,46,49,51)/b31-29-,47-39?/t42-,43+,44?,45?. The summed E-state index contributed by atoms with van der Waals surface area (Å²) in [5, 5.41) is 39.5. The van der Waals surface area contributed by atoms with Crippen molar-refractivity contribution in [3.05, 3.63) is 82.5 Å². The highest BCUT2D eigenvalue weighted by atomic mass is 32.1. The molecule has 14 heteroatoms. The molecule has 4 saturated carbocycles. The van der Waals surface area contributed by atoms with Crippen molar-refractivity contribution < 1.29 is 14.9 Å². The Labute approximate surface area is 351 Å². The summed E-state index contributed by atoms with van der Waals surface area (Å²) in [6.07, 6.45) is 14.1. The average Bonchev–Trinajstić information content (AvgIpc) is 3.75. The number of fused-ring (bicyclic) bond motifs is 1. The van der Waals surface area contributed by atoms with Crippen molar-refractivity contribution in [3.63, 3.8) is 0 Å². The fraction of sp³-hybridized carbons (Fsp3) is 0.556. The predicted octanol–water partition coefficient (Wildman–Crippen LogP) is 7.38. The molecule has 4 bridgehead atoms. The maximum Gasteiger partial charge on any atom is 0.299 e. The lowest BCUT2D eigenvalue weighted by Gasteiger charge is -2.69. The van der Waals surface area contributed by atoms with Gasteiger partial charge in [0.1, 0.15) is 23.2 Å². The monoisotopic (exact) mass is 820 g/mol. The minimum absolute atomic E-state index is 0.0741. The number of nitrogens with two attached hydrogens (primary N) is 1. The van der Waals surface area contributed by atoms with Crippen LogP contribution in [-0.2, 0) is 11.3 Å². The summed E-state index contributed by atoms with van der Waals surface area (Å²) >= 11 is 1.48. The van der Waals surface area contributed by atoms with Gasteiger partial charge in [-0.3, -0.25) is 15.0 Å². The number of aliphatic hydroxyl groups is 2. The number of para-hydroxylation sites is 1. The molecule has 3 aliphatic heterocycles. The number of likely N-dealkylation sites (tertiary alicyclic amines) is 1. The zero-order valence-electron chi connectivity index (χ0n) is 35.3. The quantitative estimate of drug-likeness (QED) is 0.0793. The van der Waals surface area contributed by atoms with Gasteiger partial charge in [0.15, 0.2) is 0 Å². The number of hydrogen-bond donors (Lipinski definition) is 5. The Morgan fingerprint density at radius 1 is 1.02 bits per heavy atom. The average molecular weight is 821 g/mol. The third-order valence-corrected chi connectivity index (χ3v) is 15.0. The van der Waals surface area contributed by atoms with Crippen LogP contribution in [-0.4, -0.2) is 110 Å². The van der Waals surface area contributed by atoms with E-state index in [4.69, 9.17) is 15.6 Å². The van der Waals surface area contributed by atoms with E-state index >= 15 is 0 Å². The molecule has 13 nitrogen and oxygen atoms in total. The van der Waals surface area contributed by atoms with Crippen LogP contribution in [0.1, 0.15) is 83.4 Å².